The monoisotopic (exact) mass is 372 g/mol. The molecule has 1 saturated heterocycles. The van der Waals surface area contributed by atoms with Gasteiger partial charge >= 0.3 is 0 Å². The standard InChI is InChI=1S/C18H17ClN4O3/c19-14-5-6-15(17-16(14)20-26-21-17)23(24)22-9-7-18(8-10-22)13-4-2-1-3-12(13)11-25-18/h1-6,24H,7-11H2. The maximum atomic E-state index is 10.7. The predicted molar refractivity (Wildman–Crippen MR) is 94.8 cm³/mol. The zero-order valence-electron chi connectivity index (χ0n) is 13.9. The highest BCUT2D eigenvalue weighted by molar-refractivity contribution is 6.35. The van der Waals surface area contributed by atoms with E-state index in [1.54, 1.807) is 12.1 Å². The van der Waals surface area contributed by atoms with Gasteiger partial charge in [-0.2, -0.15) is 10.2 Å². The maximum Gasteiger partial charge on any atom is 0.164 e. The molecule has 0 atom stereocenters. The van der Waals surface area contributed by atoms with Gasteiger partial charge in [-0.15, -0.1) is 0 Å². The second-order valence-electron chi connectivity index (χ2n) is 6.71. The fourth-order valence-electron chi connectivity index (χ4n) is 3.98. The van der Waals surface area contributed by atoms with Crippen molar-refractivity contribution in [2.24, 2.45) is 0 Å². The molecule has 3 heterocycles. The molecule has 0 radical (unpaired) electrons. The Morgan fingerprint density at radius 3 is 2.69 bits per heavy atom. The van der Waals surface area contributed by atoms with Crippen molar-refractivity contribution in [3.05, 3.63) is 52.5 Å². The van der Waals surface area contributed by atoms with E-state index in [-0.39, 0.29) is 5.60 Å². The second kappa shape index (κ2) is 5.92. The first-order chi connectivity index (χ1) is 12.7. The molecule has 1 fully saturated rings. The van der Waals surface area contributed by atoms with E-state index in [0.29, 0.717) is 41.4 Å². The summed E-state index contributed by atoms with van der Waals surface area (Å²) in [5.74, 6) is 0. The number of halogens is 1. The number of aromatic nitrogens is 2. The first-order valence-electron chi connectivity index (χ1n) is 8.55. The minimum Gasteiger partial charge on any atom is -0.365 e. The van der Waals surface area contributed by atoms with Crippen LogP contribution in [-0.4, -0.2) is 33.6 Å². The Balaban J connectivity index is 1.39. The third kappa shape index (κ3) is 2.32. The van der Waals surface area contributed by atoms with Crippen LogP contribution in [0.4, 0.5) is 5.69 Å². The molecular weight excluding hydrogens is 356 g/mol. The quantitative estimate of drug-likeness (QED) is 0.690. The lowest BCUT2D eigenvalue weighted by molar-refractivity contribution is -0.0939. The van der Waals surface area contributed by atoms with E-state index in [1.807, 2.05) is 11.1 Å². The summed E-state index contributed by atoms with van der Waals surface area (Å²) < 4.78 is 11.0. The third-order valence-corrected chi connectivity index (χ3v) is 5.69. The summed E-state index contributed by atoms with van der Waals surface area (Å²) in [6, 6.07) is 11.8. The van der Waals surface area contributed by atoms with Crippen LogP contribution in [0, 0.1) is 0 Å². The first-order valence-corrected chi connectivity index (χ1v) is 8.93. The molecule has 26 heavy (non-hydrogen) atoms. The number of hydrogen-bond donors (Lipinski definition) is 1. The number of piperidine rings is 1. The van der Waals surface area contributed by atoms with Crippen LogP contribution in [0.2, 0.25) is 5.02 Å². The SMILES string of the molecule is ON(c1ccc(Cl)c2nonc12)N1CCC2(CC1)OCc1ccccc12. The predicted octanol–water partition coefficient (Wildman–Crippen LogP) is 3.51. The topological polar surface area (TPSA) is 74.9 Å². The molecule has 2 aromatic carbocycles. The van der Waals surface area contributed by atoms with Crippen LogP contribution in [-0.2, 0) is 16.9 Å². The van der Waals surface area contributed by atoms with Gasteiger partial charge in [0, 0.05) is 13.1 Å². The van der Waals surface area contributed by atoms with E-state index in [9.17, 15) is 5.21 Å². The van der Waals surface area contributed by atoms with Gasteiger partial charge in [0.05, 0.1) is 17.2 Å². The third-order valence-electron chi connectivity index (χ3n) is 5.39. The second-order valence-corrected chi connectivity index (χ2v) is 7.12. The fraction of sp³-hybridized carbons (Fsp3) is 0.333. The van der Waals surface area contributed by atoms with E-state index < -0.39 is 0 Å². The van der Waals surface area contributed by atoms with Gasteiger partial charge in [-0.3, -0.25) is 5.21 Å². The van der Waals surface area contributed by atoms with Crippen molar-refractivity contribution in [1.82, 2.24) is 15.3 Å². The van der Waals surface area contributed by atoms with E-state index in [2.05, 4.69) is 28.5 Å². The number of nitrogens with zero attached hydrogens (tertiary/aromatic N) is 4. The van der Waals surface area contributed by atoms with Gasteiger partial charge in [0.2, 0.25) is 0 Å². The first kappa shape index (κ1) is 16.0. The molecule has 1 spiro atoms. The van der Waals surface area contributed by atoms with Crippen LogP contribution < -0.4 is 5.17 Å². The van der Waals surface area contributed by atoms with Crippen LogP contribution >= 0.6 is 11.6 Å². The summed E-state index contributed by atoms with van der Waals surface area (Å²) in [4.78, 5) is 0. The van der Waals surface area contributed by atoms with Crippen molar-refractivity contribution in [3.63, 3.8) is 0 Å². The molecule has 1 N–H and O–H groups in total. The maximum absolute atomic E-state index is 10.7. The lowest BCUT2D eigenvalue weighted by Crippen LogP contribution is -2.50. The number of anilines is 1. The Bertz CT molecular complexity index is 968. The Labute approximate surface area is 154 Å². The van der Waals surface area contributed by atoms with E-state index >= 15 is 0 Å². The highest BCUT2D eigenvalue weighted by Crippen LogP contribution is 2.44. The average Bonchev–Trinajstić information content (AvgIpc) is 3.30. The lowest BCUT2D eigenvalue weighted by atomic mass is 9.84. The number of benzene rings is 2. The number of ether oxygens (including phenoxy) is 1. The lowest BCUT2D eigenvalue weighted by Gasteiger charge is -2.41. The minimum absolute atomic E-state index is 0.251. The van der Waals surface area contributed by atoms with Crippen molar-refractivity contribution in [1.29, 1.82) is 0 Å². The normalized spacial score (nSPS) is 19.2. The van der Waals surface area contributed by atoms with Crippen LogP contribution in [0.15, 0.2) is 41.0 Å². The van der Waals surface area contributed by atoms with E-state index in [0.717, 1.165) is 18.0 Å². The number of hydrogen-bond acceptors (Lipinski definition) is 7. The molecule has 0 aliphatic carbocycles. The summed E-state index contributed by atoms with van der Waals surface area (Å²) in [6.07, 6.45) is 1.60. The molecule has 5 rings (SSSR count). The van der Waals surface area contributed by atoms with Crippen molar-refractivity contribution in [2.75, 3.05) is 18.3 Å². The van der Waals surface area contributed by atoms with Crippen molar-refractivity contribution in [2.45, 2.75) is 25.0 Å². The summed E-state index contributed by atoms with van der Waals surface area (Å²) in [6.45, 7) is 1.96. The van der Waals surface area contributed by atoms with Gasteiger partial charge in [-0.1, -0.05) is 35.9 Å². The van der Waals surface area contributed by atoms with Gasteiger partial charge < -0.3 is 4.74 Å². The average molecular weight is 373 g/mol. The van der Waals surface area contributed by atoms with E-state index in [1.165, 1.54) is 11.1 Å². The fourth-order valence-corrected chi connectivity index (χ4v) is 4.17. The molecule has 7 nitrogen and oxygen atoms in total. The zero-order valence-corrected chi connectivity index (χ0v) is 14.7. The highest BCUT2D eigenvalue weighted by Gasteiger charge is 2.43. The largest absolute Gasteiger partial charge is 0.365 e. The molecule has 8 heteroatoms. The van der Waals surface area contributed by atoms with E-state index in [4.69, 9.17) is 21.0 Å². The van der Waals surface area contributed by atoms with Gasteiger partial charge in [0.25, 0.3) is 0 Å². The van der Waals surface area contributed by atoms with Crippen LogP contribution in [0.5, 0.6) is 0 Å². The van der Waals surface area contributed by atoms with Crippen molar-refractivity contribution < 1.29 is 14.6 Å². The molecule has 2 aliphatic rings. The summed E-state index contributed by atoms with van der Waals surface area (Å²) in [7, 11) is 0. The Kier molecular flexibility index (Phi) is 3.65. The molecule has 1 aromatic heterocycles. The zero-order chi connectivity index (χ0) is 17.7. The Morgan fingerprint density at radius 1 is 1.08 bits per heavy atom. The van der Waals surface area contributed by atoms with Crippen molar-refractivity contribution in [3.8, 4) is 0 Å². The molecule has 0 saturated carbocycles. The molecular formula is C18H17ClN4O3. The number of rotatable bonds is 2. The summed E-state index contributed by atoms with van der Waals surface area (Å²) in [5.41, 5.74) is 3.65. The van der Waals surface area contributed by atoms with Crippen LogP contribution in [0.25, 0.3) is 11.0 Å². The van der Waals surface area contributed by atoms with Gasteiger partial charge in [0.15, 0.2) is 11.0 Å². The molecule has 0 unspecified atom stereocenters. The molecule has 0 amide bonds. The van der Waals surface area contributed by atoms with Gasteiger partial charge in [-0.05, 0) is 46.4 Å². The molecule has 3 aromatic rings. The van der Waals surface area contributed by atoms with Gasteiger partial charge in [-0.25, -0.2) is 4.63 Å². The number of fused-ring (bicyclic) bond motifs is 3. The summed E-state index contributed by atoms with van der Waals surface area (Å²) >= 11 is 6.10. The molecule has 0 bridgehead atoms. The summed E-state index contributed by atoms with van der Waals surface area (Å²) in [5, 5.41) is 21.8. The highest BCUT2D eigenvalue weighted by atomic mass is 35.5. The molecule has 2 aliphatic heterocycles. The Morgan fingerprint density at radius 2 is 1.85 bits per heavy atom. The van der Waals surface area contributed by atoms with Crippen LogP contribution in [0.3, 0.4) is 0 Å². The minimum atomic E-state index is -0.251. The molecule has 134 valence electrons. The number of hydrazine groups is 1. The van der Waals surface area contributed by atoms with Crippen molar-refractivity contribution >= 4 is 28.3 Å². The van der Waals surface area contributed by atoms with Crippen LogP contribution in [0.1, 0.15) is 24.0 Å². The smallest absolute Gasteiger partial charge is 0.164 e. The van der Waals surface area contributed by atoms with Gasteiger partial charge in [0.1, 0.15) is 5.69 Å². The Hall–Kier alpha value is -2.19.